The second-order valence-electron chi connectivity index (χ2n) is 8.88. The van der Waals surface area contributed by atoms with E-state index in [-0.39, 0.29) is 22.6 Å². The minimum atomic E-state index is -3.62. The second kappa shape index (κ2) is 9.19. The topological polar surface area (TPSA) is 86.8 Å². The molecule has 8 heteroatoms. The first-order chi connectivity index (χ1) is 16.4. The number of nitrogens with one attached hydrogen (secondary N) is 1. The molecule has 0 radical (unpaired) electrons. The van der Waals surface area contributed by atoms with Crippen LogP contribution in [0.25, 0.3) is 10.8 Å². The van der Waals surface area contributed by atoms with Crippen LogP contribution in [0, 0.1) is 5.92 Å². The first-order valence-electron chi connectivity index (χ1n) is 11.6. The zero-order valence-corrected chi connectivity index (χ0v) is 19.6. The van der Waals surface area contributed by atoms with Crippen molar-refractivity contribution in [1.29, 1.82) is 0 Å². The van der Waals surface area contributed by atoms with E-state index < -0.39 is 10.0 Å². The highest BCUT2D eigenvalue weighted by molar-refractivity contribution is 7.89. The molecule has 0 bridgehead atoms. The van der Waals surface area contributed by atoms with Gasteiger partial charge in [0.25, 0.3) is 0 Å². The number of carbonyl (C=O) groups excluding carboxylic acids is 2. The zero-order valence-electron chi connectivity index (χ0n) is 18.8. The highest BCUT2D eigenvalue weighted by Crippen LogP contribution is 2.28. The lowest BCUT2D eigenvalue weighted by Gasteiger charge is -2.30. The highest BCUT2D eigenvalue weighted by atomic mass is 32.2. The molecule has 0 atom stereocenters. The van der Waals surface area contributed by atoms with Gasteiger partial charge in [0.15, 0.2) is 0 Å². The van der Waals surface area contributed by atoms with Crippen LogP contribution in [0.1, 0.15) is 25.7 Å². The van der Waals surface area contributed by atoms with Crippen molar-refractivity contribution >= 4 is 44.0 Å². The molecule has 0 saturated carbocycles. The Morgan fingerprint density at radius 2 is 1.65 bits per heavy atom. The number of anilines is 2. The molecule has 1 N–H and O–H groups in total. The third-order valence-corrected chi connectivity index (χ3v) is 8.58. The first-order valence-corrected chi connectivity index (χ1v) is 13.1. The van der Waals surface area contributed by atoms with Crippen molar-refractivity contribution in [1.82, 2.24) is 4.31 Å². The van der Waals surface area contributed by atoms with Crippen molar-refractivity contribution in [2.45, 2.75) is 30.6 Å². The van der Waals surface area contributed by atoms with Crippen molar-refractivity contribution in [2.24, 2.45) is 5.92 Å². The van der Waals surface area contributed by atoms with Gasteiger partial charge in [-0.1, -0.05) is 36.4 Å². The first kappa shape index (κ1) is 22.6. The average Bonchev–Trinajstić information content (AvgIpc) is 3.30. The lowest BCUT2D eigenvalue weighted by molar-refractivity contribution is -0.121. The summed E-state index contributed by atoms with van der Waals surface area (Å²) in [5.74, 6) is -0.281. The Morgan fingerprint density at radius 1 is 0.882 bits per heavy atom. The monoisotopic (exact) mass is 477 g/mol. The summed E-state index contributed by atoms with van der Waals surface area (Å²) in [7, 11) is -3.62. The van der Waals surface area contributed by atoms with Crippen molar-refractivity contribution < 1.29 is 18.0 Å². The van der Waals surface area contributed by atoms with Gasteiger partial charge in [-0.2, -0.15) is 4.31 Å². The smallest absolute Gasteiger partial charge is 0.243 e. The van der Waals surface area contributed by atoms with Gasteiger partial charge in [-0.05, 0) is 60.4 Å². The second-order valence-corrected chi connectivity index (χ2v) is 10.8. The van der Waals surface area contributed by atoms with Crippen LogP contribution >= 0.6 is 0 Å². The quantitative estimate of drug-likeness (QED) is 0.602. The van der Waals surface area contributed by atoms with E-state index in [9.17, 15) is 18.0 Å². The van der Waals surface area contributed by atoms with Crippen molar-refractivity contribution in [3.63, 3.8) is 0 Å². The molecule has 0 unspecified atom stereocenters. The number of hydrogen-bond donors (Lipinski definition) is 1. The zero-order chi connectivity index (χ0) is 23.7. The van der Waals surface area contributed by atoms with E-state index >= 15 is 0 Å². The summed E-state index contributed by atoms with van der Waals surface area (Å²) in [4.78, 5) is 26.9. The molecule has 2 aliphatic heterocycles. The molecule has 2 aliphatic rings. The molecule has 176 valence electrons. The van der Waals surface area contributed by atoms with Crippen molar-refractivity contribution in [2.75, 3.05) is 29.9 Å². The van der Waals surface area contributed by atoms with Crippen LogP contribution in [0.2, 0.25) is 0 Å². The molecule has 34 heavy (non-hydrogen) atoms. The van der Waals surface area contributed by atoms with Crippen LogP contribution in [0.3, 0.4) is 0 Å². The summed E-state index contributed by atoms with van der Waals surface area (Å²) >= 11 is 0. The number of sulfonamides is 1. The average molecular weight is 478 g/mol. The normalized spacial score (nSPS) is 17.9. The van der Waals surface area contributed by atoms with Crippen LogP contribution in [-0.4, -0.2) is 44.2 Å². The fourth-order valence-electron chi connectivity index (χ4n) is 4.75. The van der Waals surface area contributed by atoms with E-state index in [2.05, 4.69) is 5.32 Å². The predicted octanol–water partition coefficient (Wildman–Crippen LogP) is 4.01. The summed E-state index contributed by atoms with van der Waals surface area (Å²) in [5, 5.41) is 4.83. The molecule has 7 nitrogen and oxygen atoms in total. The fraction of sp³-hybridized carbons (Fsp3) is 0.308. The summed E-state index contributed by atoms with van der Waals surface area (Å²) in [6.07, 6.45) is 2.32. The SMILES string of the molecule is O=C(Nc1cccc(N2CCCC2=O)c1)C1CCN(S(=O)(=O)c2ccc3ccccc3c2)CC1. The van der Waals surface area contributed by atoms with Gasteiger partial charge >= 0.3 is 0 Å². The molecule has 3 aromatic carbocycles. The van der Waals surface area contributed by atoms with Gasteiger partial charge in [-0.15, -0.1) is 0 Å². The lowest BCUT2D eigenvalue weighted by atomic mass is 9.97. The van der Waals surface area contributed by atoms with E-state index in [1.54, 1.807) is 23.1 Å². The number of amides is 2. The molecular weight excluding hydrogens is 450 g/mol. The minimum absolute atomic E-state index is 0.100. The van der Waals surface area contributed by atoms with Gasteiger partial charge in [0.1, 0.15) is 0 Å². The van der Waals surface area contributed by atoms with Crippen LogP contribution in [0.5, 0.6) is 0 Å². The number of rotatable bonds is 5. The molecule has 5 rings (SSSR count). The van der Waals surface area contributed by atoms with E-state index in [1.165, 1.54) is 4.31 Å². The molecule has 0 aromatic heterocycles. The molecule has 2 amide bonds. The van der Waals surface area contributed by atoms with Gasteiger partial charge in [-0.25, -0.2) is 8.42 Å². The Morgan fingerprint density at radius 3 is 2.38 bits per heavy atom. The summed E-state index contributed by atoms with van der Waals surface area (Å²) < 4.78 is 27.8. The maximum atomic E-state index is 13.2. The van der Waals surface area contributed by atoms with Crippen LogP contribution in [0.15, 0.2) is 71.6 Å². The Labute approximate surface area is 199 Å². The van der Waals surface area contributed by atoms with Gasteiger partial charge in [0, 0.05) is 43.3 Å². The minimum Gasteiger partial charge on any atom is -0.326 e. The molecular formula is C26H27N3O4S. The highest BCUT2D eigenvalue weighted by Gasteiger charge is 2.32. The Kier molecular flexibility index (Phi) is 6.10. The Bertz CT molecular complexity index is 1350. The summed E-state index contributed by atoms with van der Waals surface area (Å²) in [6.45, 7) is 1.30. The molecule has 2 saturated heterocycles. The van der Waals surface area contributed by atoms with Gasteiger partial charge in [0.05, 0.1) is 4.90 Å². The van der Waals surface area contributed by atoms with E-state index in [0.717, 1.165) is 22.9 Å². The molecule has 0 spiro atoms. The van der Waals surface area contributed by atoms with Crippen molar-refractivity contribution in [3.05, 3.63) is 66.7 Å². The van der Waals surface area contributed by atoms with Gasteiger partial charge < -0.3 is 10.2 Å². The van der Waals surface area contributed by atoms with Crippen molar-refractivity contribution in [3.8, 4) is 0 Å². The number of piperidine rings is 1. The fourth-order valence-corrected chi connectivity index (χ4v) is 6.26. The van der Waals surface area contributed by atoms with E-state index in [4.69, 9.17) is 0 Å². The van der Waals surface area contributed by atoms with Gasteiger partial charge in [-0.3, -0.25) is 9.59 Å². The Balaban J connectivity index is 1.22. The number of carbonyl (C=O) groups is 2. The molecule has 0 aliphatic carbocycles. The number of fused-ring (bicyclic) bond motifs is 1. The standard InChI is InChI=1S/C26H27N3O4S/c30-25-9-4-14-29(25)23-8-3-7-22(18-23)27-26(31)20-12-15-28(16-13-20)34(32,33)24-11-10-19-5-1-2-6-21(19)17-24/h1-3,5-8,10-11,17-18,20H,4,9,12-16H2,(H,27,31). The largest absolute Gasteiger partial charge is 0.326 e. The van der Waals surface area contributed by atoms with Gasteiger partial charge in [0.2, 0.25) is 21.8 Å². The lowest BCUT2D eigenvalue weighted by Crippen LogP contribution is -2.41. The Hall–Kier alpha value is -3.23. The molecule has 2 heterocycles. The maximum absolute atomic E-state index is 13.2. The van der Waals surface area contributed by atoms with Crippen LogP contribution in [0.4, 0.5) is 11.4 Å². The summed E-state index contributed by atoms with van der Waals surface area (Å²) in [5.41, 5.74) is 1.44. The molecule has 2 fully saturated rings. The molecule has 3 aromatic rings. The predicted molar refractivity (Wildman–Crippen MR) is 132 cm³/mol. The number of benzene rings is 3. The third-order valence-electron chi connectivity index (χ3n) is 6.68. The summed E-state index contributed by atoms with van der Waals surface area (Å²) in [6, 6.07) is 20.2. The maximum Gasteiger partial charge on any atom is 0.243 e. The third kappa shape index (κ3) is 4.43. The van der Waals surface area contributed by atoms with E-state index in [1.807, 2.05) is 48.5 Å². The van der Waals surface area contributed by atoms with Crippen LogP contribution < -0.4 is 10.2 Å². The number of hydrogen-bond acceptors (Lipinski definition) is 4. The van der Waals surface area contributed by atoms with E-state index in [0.29, 0.717) is 44.6 Å². The van der Waals surface area contributed by atoms with Crippen LogP contribution in [-0.2, 0) is 19.6 Å². The number of nitrogens with zero attached hydrogens (tertiary/aromatic N) is 2.